The molecule has 2 heterocycles. The van der Waals surface area contributed by atoms with Crippen LogP contribution in [-0.2, 0) is 11.3 Å². The second-order valence-corrected chi connectivity index (χ2v) is 8.18. The van der Waals surface area contributed by atoms with Crippen LogP contribution in [0.25, 0.3) is 0 Å². The van der Waals surface area contributed by atoms with Gasteiger partial charge in [0.15, 0.2) is 0 Å². The fourth-order valence-electron chi connectivity index (χ4n) is 3.90. The van der Waals surface area contributed by atoms with Crippen LogP contribution in [0.15, 0.2) is 48.5 Å². The summed E-state index contributed by atoms with van der Waals surface area (Å²) >= 11 is 12.1. The van der Waals surface area contributed by atoms with Gasteiger partial charge in [0, 0.05) is 11.6 Å². The van der Waals surface area contributed by atoms with Crippen molar-refractivity contribution in [1.29, 1.82) is 0 Å². The molecule has 4 amide bonds. The molecule has 1 N–H and O–H groups in total. The van der Waals surface area contributed by atoms with Crippen molar-refractivity contribution in [3.8, 4) is 0 Å². The van der Waals surface area contributed by atoms with Gasteiger partial charge >= 0.3 is 6.03 Å². The molecule has 0 radical (unpaired) electrons. The van der Waals surface area contributed by atoms with E-state index in [-0.39, 0.29) is 24.9 Å². The van der Waals surface area contributed by atoms with Gasteiger partial charge in [-0.25, -0.2) is 4.79 Å². The van der Waals surface area contributed by atoms with Crippen LogP contribution in [0.2, 0.25) is 10.0 Å². The van der Waals surface area contributed by atoms with E-state index < -0.39 is 11.6 Å². The average molecular weight is 432 g/mol. The topological polar surface area (TPSA) is 69.7 Å². The first-order valence-electron chi connectivity index (χ1n) is 9.32. The molecule has 6 nitrogen and oxygen atoms in total. The molecule has 29 heavy (non-hydrogen) atoms. The standard InChI is InChI=1S/C21H19Cl2N3O3/c22-15-8-6-14(7-9-15)12-26-19(28)21(24-20(26)29)10-3-11-25(13-21)18(27)16-4-1-2-5-17(16)23/h1-2,4-9H,3,10-13H2,(H,24,29). The molecular weight excluding hydrogens is 413 g/mol. The normalized spacial score (nSPS) is 21.6. The van der Waals surface area contributed by atoms with Crippen molar-refractivity contribution >= 4 is 41.0 Å². The van der Waals surface area contributed by atoms with Crippen LogP contribution in [0.5, 0.6) is 0 Å². The second-order valence-electron chi connectivity index (χ2n) is 7.34. The summed E-state index contributed by atoms with van der Waals surface area (Å²) in [5.74, 6) is -0.554. The Bertz CT molecular complexity index is 979. The lowest BCUT2D eigenvalue weighted by atomic mass is 9.88. The molecule has 150 valence electrons. The summed E-state index contributed by atoms with van der Waals surface area (Å²) in [6, 6.07) is 13.4. The molecule has 0 saturated carbocycles. The highest BCUT2D eigenvalue weighted by molar-refractivity contribution is 6.33. The molecule has 0 aliphatic carbocycles. The van der Waals surface area contributed by atoms with Gasteiger partial charge in [-0.1, -0.05) is 47.5 Å². The number of hydrogen-bond acceptors (Lipinski definition) is 3. The number of rotatable bonds is 3. The minimum Gasteiger partial charge on any atom is -0.336 e. The fraction of sp³-hybridized carbons (Fsp3) is 0.286. The Kier molecular flexibility index (Phi) is 5.23. The third-order valence-electron chi connectivity index (χ3n) is 5.38. The van der Waals surface area contributed by atoms with Gasteiger partial charge in [-0.2, -0.15) is 0 Å². The molecule has 4 rings (SSSR count). The minimum atomic E-state index is -1.10. The number of likely N-dealkylation sites (tertiary alicyclic amines) is 1. The van der Waals surface area contributed by atoms with E-state index in [1.807, 2.05) is 0 Å². The summed E-state index contributed by atoms with van der Waals surface area (Å²) in [6.07, 6.45) is 1.10. The van der Waals surface area contributed by atoms with Crippen LogP contribution in [-0.4, -0.2) is 46.3 Å². The maximum atomic E-state index is 13.2. The van der Waals surface area contributed by atoms with Crippen molar-refractivity contribution in [3.05, 3.63) is 69.7 Å². The van der Waals surface area contributed by atoms with Crippen molar-refractivity contribution < 1.29 is 14.4 Å². The van der Waals surface area contributed by atoms with E-state index >= 15 is 0 Å². The number of carbonyl (C=O) groups excluding carboxylic acids is 3. The molecule has 1 unspecified atom stereocenters. The molecule has 8 heteroatoms. The quantitative estimate of drug-likeness (QED) is 0.752. The van der Waals surface area contributed by atoms with Gasteiger partial charge in [0.05, 0.1) is 23.7 Å². The maximum absolute atomic E-state index is 13.2. The van der Waals surface area contributed by atoms with E-state index in [1.54, 1.807) is 53.4 Å². The van der Waals surface area contributed by atoms with Crippen LogP contribution in [0.4, 0.5) is 4.79 Å². The Morgan fingerprint density at radius 2 is 1.79 bits per heavy atom. The first kappa shape index (κ1) is 19.7. The summed E-state index contributed by atoms with van der Waals surface area (Å²) in [4.78, 5) is 41.5. The SMILES string of the molecule is O=C(c1ccccc1Cl)N1CCCC2(C1)NC(=O)N(Cc1ccc(Cl)cc1)C2=O. The van der Waals surface area contributed by atoms with Crippen LogP contribution < -0.4 is 5.32 Å². The van der Waals surface area contributed by atoms with Crippen molar-refractivity contribution in [2.24, 2.45) is 0 Å². The molecule has 2 saturated heterocycles. The maximum Gasteiger partial charge on any atom is 0.325 e. The Labute approximate surface area is 178 Å². The van der Waals surface area contributed by atoms with E-state index in [2.05, 4.69) is 5.32 Å². The number of piperidine rings is 1. The van der Waals surface area contributed by atoms with E-state index in [4.69, 9.17) is 23.2 Å². The van der Waals surface area contributed by atoms with Gasteiger partial charge in [-0.05, 0) is 42.7 Å². The molecular formula is C21H19Cl2N3O3. The Balaban J connectivity index is 1.54. The molecule has 0 bridgehead atoms. The Hall–Kier alpha value is -2.57. The zero-order chi connectivity index (χ0) is 20.6. The molecule has 0 aromatic heterocycles. The lowest BCUT2D eigenvalue weighted by Gasteiger charge is -2.38. The van der Waals surface area contributed by atoms with Crippen LogP contribution in [0.3, 0.4) is 0 Å². The van der Waals surface area contributed by atoms with E-state index in [0.717, 1.165) is 5.56 Å². The highest BCUT2D eigenvalue weighted by atomic mass is 35.5. The van der Waals surface area contributed by atoms with Gasteiger partial charge in [0.25, 0.3) is 11.8 Å². The van der Waals surface area contributed by atoms with Crippen molar-refractivity contribution in [3.63, 3.8) is 0 Å². The van der Waals surface area contributed by atoms with Gasteiger partial charge < -0.3 is 10.2 Å². The molecule has 1 spiro atoms. The average Bonchev–Trinajstić information content (AvgIpc) is 2.93. The second kappa shape index (κ2) is 7.69. The highest BCUT2D eigenvalue weighted by Crippen LogP contribution is 2.31. The summed E-state index contributed by atoms with van der Waals surface area (Å²) < 4.78 is 0. The molecule has 2 aromatic rings. The van der Waals surface area contributed by atoms with Crippen molar-refractivity contribution in [2.45, 2.75) is 24.9 Å². The molecule has 1 atom stereocenters. The van der Waals surface area contributed by atoms with Gasteiger partial charge in [-0.15, -0.1) is 0 Å². The molecule has 2 fully saturated rings. The zero-order valence-corrected chi connectivity index (χ0v) is 17.0. The third kappa shape index (κ3) is 3.70. The van der Waals surface area contributed by atoms with Gasteiger partial charge in [-0.3, -0.25) is 14.5 Å². The molecule has 2 aromatic carbocycles. The number of halogens is 2. The van der Waals surface area contributed by atoms with E-state index in [9.17, 15) is 14.4 Å². The smallest absolute Gasteiger partial charge is 0.325 e. The lowest BCUT2D eigenvalue weighted by Crippen LogP contribution is -2.59. The molecule has 2 aliphatic heterocycles. The van der Waals surface area contributed by atoms with Gasteiger partial charge in [0.1, 0.15) is 5.54 Å². The predicted molar refractivity (Wildman–Crippen MR) is 110 cm³/mol. The summed E-state index contributed by atoms with van der Waals surface area (Å²) in [5, 5.41) is 3.79. The van der Waals surface area contributed by atoms with Gasteiger partial charge in [0.2, 0.25) is 0 Å². The fourth-order valence-corrected chi connectivity index (χ4v) is 4.25. The number of nitrogens with zero attached hydrogens (tertiary/aromatic N) is 2. The number of hydrogen-bond donors (Lipinski definition) is 1. The molecule has 2 aliphatic rings. The van der Waals surface area contributed by atoms with Crippen molar-refractivity contribution in [2.75, 3.05) is 13.1 Å². The lowest BCUT2D eigenvalue weighted by molar-refractivity contribution is -0.133. The monoisotopic (exact) mass is 431 g/mol. The van der Waals surface area contributed by atoms with E-state index in [0.29, 0.717) is 35.0 Å². The summed E-state index contributed by atoms with van der Waals surface area (Å²) in [6.45, 7) is 0.785. The predicted octanol–water partition coefficient (Wildman–Crippen LogP) is 3.72. The minimum absolute atomic E-state index is 0.124. The highest BCUT2D eigenvalue weighted by Gasteiger charge is 2.53. The van der Waals surface area contributed by atoms with E-state index in [1.165, 1.54) is 4.90 Å². The number of benzene rings is 2. The Morgan fingerprint density at radius 3 is 2.52 bits per heavy atom. The summed E-state index contributed by atoms with van der Waals surface area (Å²) in [7, 11) is 0. The first-order valence-corrected chi connectivity index (χ1v) is 10.1. The first-order chi connectivity index (χ1) is 13.9. The zero-order valence-electron chi connectivity index (χ0n) is 15.5. The number of nitrogens with one attached hydrogen (secondary N) is 1. The number of carbonyl (C=O) groups is 3. The van der Waals surface area contributed by atoms with Crippen LogP contribution >= 0.6 is 23.2 Å². The largest absolute Gasteiger partial charge is 0.336 e. The van der Waals surface area contributed by atoms with Crippen LogP contribution in [0, 0.1) is 0 Å². The number of urea groups is 1. The van der Waals surface area contributed by atoms with Crippen molar-refractivity contribution in [1.82, 2.24) is 15.1 Å². The third-order valence-corrected chi connectivity index (χ3v) is 5.97. The summed E-state index contributed by atoms with van der Waals surface area (Å²) in [5.41, 5.74) is 0.0920. The number of amides is 4. The van der Waals surface area contributed by atoms with Crippen LogP contribution in [0.1, 0.15) is 28.8 Å². The number of imide groups is 1. The Morgan fingerprint density at radius 1 is 1.07 bits per heavy atom.